The van der Waals surface area contributed by atoms with Crippen molar-refractivity contribution >= 4 is 28.6 Å². The molecule has 0 saturated carbocycles. The summed E-state index contributed by atoms with van der Waals surface area (Å²) in [7, 11) is 0. The van der Waals surface area contributed by atoms with Gasteiger partial charge in [0.2, 0.25) is 5.91 Å². The van der Waals surface area contributed by atoms with Gasteiger partial charge in [0.1, 0.15) is 5.76 Å². The minimum atomic E-state index is -0.0943. The van der Waals surface area contributed by atoms with Crippen LogP contribution in [0.5, 0.6) is 0 Å². The average molecular weight is 457 g/mol. The highest BCUT2D eigenvalue weighted by molar-refractivity contribution is 7.99. The number of rotatable bonds is 12. The van der Waals surface area contributed by atoms with Crippen LogP contribution in [0.25, 0.3) is 10.9 Å². The summed E-state index contributed by atoms with van der Waals surface area (Å²) in [4.78, 5) is 32.6. The van der Waals surface area contributed by atoms with Crippen LogP contribution >= 0.6 is 11.8 Å². The molecule has 0 spiro atoms. The Balaban J connectivity index is 1.70. The Morgan fingerprint density at radius 2 is 1.97 bits per heavy atom. The first-order chi connectivity index (χ1) is 15.6. The van der Waals surface area contributed by atoms with Crippen molar-refractivity contribution in [3.8, 4) is 0 Å². The number of benzene rings is 1. The number of fused-ring (bicyclic) bond motifs is 1. The number of hydrogen-bond acceptors (Lipinski definition) is 6. The number of carbonyl (C=O) groups excluding carboxylic acids is 1. The number of thioether (sulfide) groups is 1. The lowest BCUT2D eigenvalue weighted by Crippen LogP contribution is -2.38. The Hall–Kier alpha value is -2.58. The Kier molecular flexibility index (Phi) is 8.93. The molecule has 8 heteroatoms. The molecule has 2 heterocycles. The molecule has 1 amide bonds. The van der Waals surface area contributed by atoms with Crippen molar-refractivity contribution < 1.29 is 9.21 Å². The van der Waals surface area contributed by atoms with Gasteiger partial charge in [-0.1, -0.05) is 51.1 Å². The Bertz CT molecular complexity index is 1060. The highest BCUT2D eigenvalue weighted by atomic mass is 32.2. The van der Waals surface area contributed by atoms with Crippen LogP contribution in [0.15, 0.2) is 57.0 Å². The number of nitrogens with one attached hydrogen (secondary N) is 1. The van der Waals surface area contributed by atoms with Crippen LogP contribution in [0, 0.1) is 0 Å². The van der Waals surface area contributed by atoms with Crippen molar-refractivity contribution in [2.75, 3.05) is 25.4 Å². The quantitative estimate of drug-likeness (QED) is 0.327. The molecule has 0 saturated heterocycles. The van der Waals surface area contributed by atoms with Crippen molar-refractivity contribution in [2.45, 2.75) is 51.4 Å². The van der Waals surface area contributed by atoms with Crippen LogP contribution in [0.1, 0.15) is 45.4 Å². The zero-order valence-electron chi connectivity index (χ0n) is 19.0. The molecule has 0 aliphatic rings. The summed E-state index contributed by atoms with van der Waals surface area (Å²) in [6.07, 6.45) is 3.52. The summed E-state index contributed by atoms with van der Waals surface area (Å²) in [5.74, 6) is 0.939. The Labute approximate surface area is 193 Å². The first-order valence-corrected chi connectivity index (χ1v) is 12.2. The minimum absolute atomic E-state index is 0.0181. The molecule has 32 heavy (non-hydrogen) atoms. The molecule has 0 fully saturated rings. The Morgan fingerprint density at radius 1 is 1.19 bits per heavy atom. The minimum Gasteiger partial charge on any atom is -0.468 e. The lowest BCUT2D eigenvalue weighted by Gasteiger charge is -2.28. The molecule has 0 aliphatic carbocycles. The van der Waals surface area contributed by atoms with E-state index in [4.69, 9.17) is 4.42 Å². The molecule has 172 valence electrons. The lowest BCUT2D eigenvalue weighted by molar-refractivity contribution is -0.118. The largest absolute Gasteiger partial charge is 0.468 e. The topological polar surface area (TPSA) is 80.4 Å². The molecule has 1 aromatic carbocycles. The number of amides is 1. The van der Waals surface area contributed by atoms with Gasteiger partial charge in [0.25, 0.3) is 5.56 Å². The van der Waals surface area contributed by atoms with Crippen LogP contribution in [0.4, 0.5) is 0 Å². The highest BCUT2D eigenvalue weighted by Crippen LogP contribution is 2.21. The van der Waals surface area contributed by atoms with Crippen LogP contribution < -0.4 is 10.9 Å². The number of aromatic nitrogens is 2. The van der Waals surface area contributed by atoms with E-state index in [1.807, 2.05) is 30.3 Å². The lowest BCUT2D eigenvalue weighted by atomic mass is 10.2. The van der Waals surface area contributed by atoms with Gasteiger partial charge in [-0.15, -0.1) is 0 Å². The third-order valence-corrected chi connectivity index (χ3v) is 6.49. The second-order valence-electron chi connectivity index (χ2n) is 7.57. The van der Waals surface area contributed by atoms with Gasteiger partial charge in [0.05, 0.1) is 29.0 Å². The predicted octanol–water partition coefficient (Wildman–Crippen LogP) is 4.08. The van der Waals surface area contributed by atoms with Gasteiger partial charge in [-0.05, 0) is 43.8 Å². The molecule has 0 radical (unpaired) electrons. The van der Waals surface area contributed by atoms with Gasteiger partial charge >= 0.3 is 0 Å². The third kappa shape index (κ3) is 5.81. The molecule has 3 aromatic rings. The van der Waals surface area contributed by atoms with Crippen LogP contribution in [0.2, 0.25) is 0 Å². The monoisotopic (exact) mass is 456 g/mol. The normalized spacial score (nSPS) is 12.4. The maximum atomic E-state index is 13.0. The van der Waals surface area contributed by atoms with E-state index in [0.717, 1.165) is 31.7 Å². The van der Waals surface area contributed by atoms with Crippen molar-refractivity contribution in [1.82, 2.24) is 19.8 Å². The smallest absolute Gasteiger partial charge is 0.262 e. The van der Waals surface area contributed by atoms with E-state index < -0.39 is 0 Å². The van der Waals surface area contributed by atoms with Gasteiger partial charge < -0.3 is 9.73 Å². The van der Waals surface area contributed by atoms with E-state index in [1.165, 1.54) is 11.8 Å². The molecule has 1 atom stereocenters. The molecule has 0 aliphatic heterocycles. The van der Waals surface area contributed by atoms with E-state index in [9.17, 15) is 9.59 Å². The van der Waals surface area contributed by atoms with E-state index in [-0.39, 0.29) is 23.3 Å². The van der Waals surface area contributed by atoms with E-state index in [1.54, 1.807) is 16.9 Å². The van der Waals surface area contributed by atoms with Crippen molar-refractivity contribution in [3.05, 3.63) is 58.8 Å². The van der Waals surface area contributed by atoms with Gasteiger partial charge in [0.15, 0.2) is 5.16 Å². The van der Waals surface area contributed by atoms with E-state index in [2.05, 4.69) is 36.0 Å². The highest BCUT2D eigenvalue weighted by Gasteiger charge is 2.21. The van der Waals surface area contributed by atoms with Crippen molar-refractivity contribution in [2.24, 2.45) is 0 Å². The predicted molar refractivity (Wildman–Crippen MR) is 129 cm³/mol. The Morgan fingerprint density at radius 3 is 2.66 bits per heavy atom. The third-order valence-electron chi connectivity index (χ3n) is 5.51. The first-order valence-electron chi connectivity index (χ1n) is 11.3. The van der Waals surface area contributed by atoms with Crippen LogP contribution in [-0.4, -0.2) is 45.7 Å². The number of unbranched alkanes of at least 4 members (excludes halogenated alkanes) is 1. The summed E-state index contributed by atoms with van der Waals surface area (Å²) >= 11 is 1.31. The summed E-state index contributed by atoms with van der Waals surface area (Å²) in [6, 6.07) is 11.1. The fourth-order valence-corrected chi connectivity index (χ4v) is 4.57. The zero-order valence-corrected chi connectivity index (χ0v) is 19.9. The molecule has 1 N–H and O–H groups in total. The van der Waals surface area contributed by atoms with E-state index in [0.29, 0.717) is 29.1 Å². The van der Waals surface area contributed by atoms with Crippen molar-refractivity contribution in [3.63, 3.8) is 0 Å². The van der Waals surface area contributed by atoms with Crippen LogP contribution in [0.3, 0.4) is 0 Å². The molecule has 7 nitrogen and oxygen atoms in total. The van der Waals surface area contributed by atoms with Crippen LogP contribution in [-0.2, 0) is 11.3 Å². The number of furan rings is 1. The second kappa shape index (κ2) is 11.9. The molecular weight excluding hydrogens is 424 g/mol. The second-order valence-corrected chi connectivity index (χ2v) is 8.51. The van der Waals surface area contributed by atoms with Gasteiger partial charge in [0, 0.05) is 13.1 Å². The van der Waals surface area contributed by atoms with Gasteiger partial charge in [-0.25, -0.2) is 4.98 Å². The standard InChI is InChI=1S/C24H32N4O3S/c1-4-7-14-28-23(30)18-11-8-9-12-19(18)26-24(28)32-17-22(29)25-16-20(27(5-2)6-3)21-13-10-15-31-21/h8-13,15,20H,4-7,14,16-17H2,1-3H3,(H,25,29). The number of hydrogen-bond donors (Lipinski definition) is 1. The van der Waals surface area contributed by atoms with Crippen molar-refractivity contribution in [1.29, 1.82) is 0 Å². The molecule has 3 rings (SSSR count). The zero-order chi connectivity index (χ0) is 22.9. The van der Waals surface area contributed by atoms with Gasteiger partial charge in [-0.3, -0.25) is 19.1 Å². The fourth-order valence-electron chi connectivity index (χ4n) is 3.72. The summed E-state index contributed by atoms with van der Waals surface area (Å²) < 4.78 is 7.30. The maximum Gasteiger partial charge on any atom is 0.262 e. The number of carbonyl (C=O) groups is 1. The van der Waals surface area contributed by atoms with Gasteiger partial charge in [-0.2, -0.15) is 0 Å². The fraction of sp³-hybridized carbons (Fsp3) is 0.458. The molecule has 0 bridgehead atoms. The summed E-state index contributed by atoms with van der Waals surface area (Å²) in [5, 5.41) is 4.22. The molecule has 2 aromatic heterocycles. The SMILES string of the molecule is CCCCn1c(SCC(=O)NCC(c2ccco2)N(CC)CC)nc2ccccc2c1=O. The summed E-state index contributed by atoms with van der Waals surface area (Å²) in [5.41, 5.74) is 0.610. The summed E-state index contributed by atoms with van der Waals surface area (Å²) in [6.45, 7) is 9.05. The average Bonchev–Trinajstić information content (AvgIpc) is 3.34. The maximum absolute atomic E-state index is 13.0. The number of para-hydroxylation sites is 1. The molecular formula is C24H32N4O3S. The number of likely N-dealkylation sites (N-methyl/N-ethyl adjacent to an activating group) is 1. The molecule has 1 unspecified atom stereocenters. The first kappa shape index (κ1) is 24.1. The van der Waals surface area contributed by atoms with E-state index >= 15 is 0 Å². The number of nitrogens with zero attached hydrogens (tertiary/aromatic N) is 3.